The van der Waals surface area contributed by atoms with Crippen LogP contribution in [0.25, 0.3) is 0 Å². The fourth-order valence-electron chi connectivity index (χ4n) is 3.25. The van der Waals surface area contributed by atoms with Crippen LogP contribution in [-0.4, -0.2) is 51.4 Å². The highest BCUT2D eigenvalue weighted by atomic mass is 79.9. The summed E-state index contributed by atoms with van der Waals surface area (Å²) in [7, 11) is 1.66. The number of ether oxygens (including phenoxy) is 3. The van der Waals surface area contributed by atoms with Crippen LogP contribution in [-0.2, 0) is 17.9 Å². The summed E-state index contributed by atoms with van der Waals surface area (Å²) < 4.78 is 17.9. The largest absolute Gasteiger partial charge is 0.493 e. The zero-order valence-electron chi connectivity index (χ0n) is 16.8. The van der Waals surface area contributed by atoms with Crippen molar-refractivity contribution in [3.05, 3.63) is 57.0 Å². The first-order chi connectivity index (χ1) is 14.2. The van der Waals surface area contributed by atoms with Gasteiger partial charge in [0.1, 0.15) is 6.61 Å². The summed E-state index contributed by atoms with van der Waals surface area (Å²) in [4.78, 5) is 2.45. The first kappa shape index (κ1) is 22.4. The predicted molar refractivity (Wildman–Crippen MR) is 120 cm³/mol. The highest BCUT2D eigenvalue weighted by molar-refractivity contribution is 9.10. The Hall–Kier alpha value is -1.31. The second-order valence-electron chi connectivity index (χ2n) is 7.00. The second-order valence-corrected chi connectivity index (χ2v) is 8.29. The van der Waals surface area contributed by atoms with Gasteiger partial charge in [-0.2, -0.15) is 0 Å². The smallest absolute Gasteiger partial charge is 0.162 e. The van der Waals surface area contributed by atoms with Crippen molar-refractivity contribution >= 4 is 27.5 Å². The third-order valence-corrected chi connectivity index (χ3v) is 5.84. The van der Waals surface area contributed by atoms with E-state index in [0.29, 0.717) is 17.4 Å². The van der Waals surface area contributed by atoms with Gasteiger partial charge in [0, 0.05) is 29.1 Å². The molecule has 1 aliphatic heterocycles. The Kier molecular flexibility index (Phi) is 9.08. The highest BCUT2D eigenvalue weighted by Gasteiger charge is 2.12. The van der Waals surface area contributed by atoms with Crippen LogP contribution in [0, 0.1) is 0 Å². The topological polar surface area (TPSA) is 43.0 Å². The van der Waals surface area contributed by atoms with E-state index in [4.69, 9.17) is 25.8 Å². The molecular weight excluding hydrogens is 456 g/mol. The van der Waals surface area contributed by atoms with Crippen molar-refractivity contribution in [3.63, 3.8) is 0 Å². The molecule has 2 aromatic carbocycles. The Morgan fingerprint density at radius 2 is 2.00 bits per heavy atom. The number of hydrogen-bond donors (Lipinski definition) is 1. The molecule has 1 heterocycles. The Morgan fingerprint density at radius 3 is 2.76 bits per heavy atom. The molecule has 0 unspecified atom stereocenters. The Labute approximate surface area is 186 Å². The zero-order chi connectivity index (χ0) is 20.5. The minimum atomic E-state index is 0.433. The molecule has 3 rings (SSSR count). The average Bonchev–Trinajstić information content (AvgIpc) is 2.74. The minimum Gasteiger partial charge on any atom is -0.493 e. The average molecular weight is 484 g/mol. The molecule has 0 aromatic heterocycles. The fraction of sp³-hybridized carbons (Fsp3) is 0.455. The van der Waals surface area contributed by atoms with Crippen LogP contribution in [0.5, 0.6) is 11.5 Å². The summed E-state index contributed by atoms with van der Waals surface area (Å²) in [6.45, 7) is 7.07. The van der Waals surface area contributed by atoms with Crippen LogP contribution in [0.4, 0.5) is 0 Å². The molecular formula is C22H28BrClN2O3. The van der Waals surface area contributed by atoms with Crippen LogP contribution in [0.3, 0.4) is 0 Å². The number of nitrogens with one attached hydrogen (secondary N) is 1. The Bertz CT molecular complexity index is 785. The third kappa shape index (κ3) is 7.15. The van der Waals surface area contributed by atoms with Gasteiger partial charge in [-0.1, -0.05) is 39.7 Å². The SMILES string of the molecule is COc1cc(CNCCCN2CCOCC2)c(Br)cc1OCc1cccc(Cl)c1. The first-order valence-electron chi connectivity index (χ1n) is 9.90. The maximum absolute atomic E-state index is 6.04. The molecule has 158 valence electrons. The normalized spacial score (nSPS) is 14.7. The van der Waals surface area contributed by atoms with Crippen LogP contribution < -0.4 is 14.8 Å². The molecule has 2 aromatic rings. The lowest BCUT2D eigenvalue weighted by molar-refractivity contribution is 0.0374. The maximum Gasteiger partial charge on any atom is 0.162 e. The summed E-state index contributed by atoms with van der Waals surface area (Å²) in [5.41, 5.74) is 2.16. The van der Waals surface area contributed by atoms with Gasteiger partial charge < -0.3 is 19.5 Å². The summed E-state index contributed by atoms with van der Waals surface area (Å²) >= 11 is 9.70. The van der Waals surface area contributed by atoms with Gasteiger partial charge in [-0.3, -0.25) is 4.90 Å². The molecule has 1 fully saturated rings. The van der Waals surface area contributed by atoms with E-state index in [1.54, 1.807) is 7.11 Å². The van der Waals surface area contributed by atoms with Crippen LogP contribution in [0.1, 0.15) is 17.5 Å². The summed E-state index contributed by atoms with van der Waals surface area (Å²) in [6.07, 6.45) is 1.12. The molecule has 7 heteroatoms. The molecule has 0 aliphatic carbocycles. The van der Waals surface area contributed by atoms with Crippen molar-refractivity contribution in [3.8, 4) is 11.5 Å². The third-order valence-electron chi connectivity index (χ3n) is 4.86. The molecule has 5 nitrogen and oxygen atoms in total. The summed E-state index contributed by atoms with van der Waals surface area (Å²) in [6, 6.07) is 11.6. The lowest BCUT2D eigenvalue weighted by atomic mass is 10.2. The van der Waals surface area contributed by atoms with Gasteiger partial charge in [0.2, 0.25) is 0 Å². The zero-order valence-corrected chi connectivity index (χ0v) is 19.1. The van der Waals surface area contributed by atoms with E-state index in [1.165, 1.54) is 0 Å². The molecule has 0 bridgehead atoms. The van der Waals surface area contributed by atoms with Gasteiger partial charge in [-0.05, 0) is 54.9 Å². The van der Waals surface area contributed by atoms with Crippen molar-refractivity contribution in [2.24, 2.45) is 0 Å². The number of methoxy groups -OCH3 is 1. The van der Waals surface area contributed by atoms with Crippen molar-refractivity contribution in [2.75, 3.05) is 46.5 Å². The number of rotatable bonds is 10. The molecule has 1 saturated heterocycles. The Balaban J connectivity index is 1.49. The molecule has 1 N–H and O–H groups in total. The number of halogens is 2. The molecule has 0 saturated carbocycles. The molecule has 0 radical (unpaired) electrons. The van der Waals surface area contributed by atoms with Gasteiger partial charge in [-0.15, -0.1) is 0 Å². The van der Waals surface area contributed by atoms with E-state index >= 15 is 0 Å². The lowest BCUT2D eigenvalue weighted by Crippen LogP contribution is -2.37. The summed E-state index contributed by atoms with van der Waals surface area (Å²) in [5, 5.41) is 4.22. The predicted octanol–water partition coefficient (Wildman–Crippen LogP) is 4.50. The van der Waals surface area contributed by atoms with E-state index in [-0.39, 0.29) is 0 Å². The van der Waals surface area contributed by atoms with Gasteiger partial charge >= 0.3 is 0 Å². The van der Waals surface area contributed by atoms with Gasteiger partial charge in [0.15, 0.2) is 11.5 Å². The highest BCUT2D eigenvalue weighted by Crippen LogP contribution is 2.34. The quantitative estimate of drug-likeness (QED) is 0.504. The van der Waals surface area contributed by atoms with Crippen molar-refractivity contribution in [1.29, 1.82) is 0 Å². The number of hydrogen-bond acceptors (Lipinski definition) is 5. The van der Waals surface area contributed by atoms with E-state index in [1.807, 2.05) is 36.4 Å². The van der Waals surface area contributed by atoms with Crippen molar-refractivity contribution in [1.82, 2.24) is 10.2 Å². The standard InChI is InChI=1S/C22H28BrClN2O3/c1-27-21-13-18(15-25-6-3-7-26-8-10-28-11-9-26)20(23)14-22(21)29-16-17-4-2-5-19(24)12-17/h2,4-5,12-14,25H,3,6-11,15-16H2,1H3. The molecule has 29 heavy (non-hydrogen) atoms. The monoisotopic (exact) mass is 482 g/mol. The lowest BCUT2D eigenvalue weighted by Gasteiger charge is -2.26. The number of morpholine rings is 1. The van der Waals surface area contributed by atoms with Crippen LogP contribution in [0.2, 0.25) is 5.02 Å². The van der Waals surface area contributed by atoms with Crippen LogP contribution in [0.15, 0.2) is 40.9 Å². The van der Waals surface area contributed by atoms with E-state index in [9.17, 15) is 0 Å². The molecule has 0 atom stereocenters. The van der Waals surface area contributed by atoms with E-state index in [0.717, 1.165) is 73.7 Å². The Morgan fingerprint density at radius 1 is 1.17 bits per heavy atom. The molecule has 0 spiro atoms. The maximum atomic E-state index is 6.04. The van der Waals surface area contributed by atoms with Gasteiger partial charge in [0.25, 0.3) is 0 Å². The van der Waals surface area contributed by atoms with Crippen LogP contribution >= 0.6 is 27.5 Å². The minimum absolute atomic E-state index is 0.433. The number of benzene rings is 2. The van der Waals surface area contributed by atoms with Gasteiger partial charge in [-0.25, -0.2) is 0 Å². The van der Waals surface area contributed by atoms with E-state index < -0.39 is 0 Å². The molecule has 0 amide bonds. The van der Waals surface area contributed by atoms with Gasteiger partial charge in [0.05, 0.1) is 20.3 Å². The van der Waals surface area contributed by atoms with E-state index in [2.05, 4.69) is 26.1 Å². The summed E-state index contributed by atoms with van der Waals surface area (Å²) in [5.74, 6) is 1.43. The second kappa shape index (κ2) is 11.8. The number of nitrogens with zero attached hydrogens (tertiary/aromatic N) is 1. The van der Waals surface area contributed by atoms with Crippen molar-refractivity contribution in [2.45, 2.75) is 19.6 Å². The first-order valence-corrected chi connectivity index (χ1v) is 11.1. The fourth-order valence-corrected chi connectivity index (χ4v) is 3.92. The molecule has 1 aliphatic rings. The van der Waals surface area contributed by atoms with Crippen molar-refractivity contribution < 1.29 is 14.2 Å².